The van der Waals surface area contributed by atoms with Crippen molar-refractivity contribution in [1.29, 1.82) is 0 Å². The zero-order chi connectivity index (χ0) is 13.9. The smallest absolute Gasteiger partial charge is 0.238 e. The van der Waals surface area contributed by atoms with E-state index >= 15 is 0 Å². The first kappa shape index (κ1) is 15.9. The Hall–Kier alpha value is -1.12. The van der Waals surface area contributed by atoms with Crippen LogP contribution in [-0.4, -0.2) is 6.43 Å². The molecule has 0 saturated carbocycles. The maximum Gasteiger partial charge on any atom is 0.238 e. The summed E-state index contributed by atoms with van der Waals surface area (Å²) in [4.78, 5) is 0. The molecule has 2 N–H and O–H groups in total. The fraction of sp³-hybridized carbons (Fsp3) is 0.625. The summed E-state index contributed by atoms with van der Waals surface area (Å²) in [6.45, 7) is 0. The van der Waals surface area contributed by atoms with Gasteiger partial charge in [0.25, 0.3) is 0 Å². The number of aryl methyl sites for hydroxylation is 1. The molecule has 0 heterocycles. The Morgan fingerprint density at radius 3 is 2.16 bits per heavy atom. The summed E-state index contributed by atoms with van der Waals surface area (Å²) in [6, 6.07) is 8.04. The number of hydrogen-bond acceptors (Lipinski definition) is 1. The Balaban J connectivity index is 1.91. The number of hydrogen-bond donors (Lipinski definition) is 1. The average molecular weight is 269 g/mol. The Morgan fingerprint density at radius 1 is 0.895 bits per heavy atom. The van der Waals surface area contributed by atoms with E-state index in [1.807, 2.05) is 18.2 Å². The fourth-order valence-corrected chi connectivity index (χ4v) is 2.26. The number of benzene rings is 1. The van der Waals surface area contributed by atoms with E-state index in [0.717, 1.165) is 24.9 Å². The van der Waals surface area contributed by atoms with Crippen LogP contribution in [0.15, 0.2) is 24.3 Å². The van der Waals surface area contributed by atoms with Crippen LogP contribution in [0.3, 0.4) is 0 Å². The monoisotopic (exact) mass is 269 g/mol. The predicted octanol–water partition coefficient (Wildman–Crippen LogP) is 5.20. The van der Waals surface area contributed by atoms with Crippen molar-refractivity contribution in [2.24, 2.45) is 0 Å². The number of alkyl halides is 2. The number of nitrogens with two attached hydrogens (primary N) is 1. The molecule has 0 atom stereocenters. The molecule has 0 unspecified atom stereocenters. The lowest BCUT2D eigenvalue weighted by Crippen LogP contribution is -1.90. The number of halogens is 2. The Bertz CT molecular complexity index is 339. The van der Waals surface area contributed by atoms with Crippen LogP contribution in [0.4, 0.5) is 14.5 Å². The van der Waals surface area contributed by atoms with Crippen LogP contribution in [0.2, 0.25) is 0 Å². The van der Waals surface area contributed by atoms with Crippen LogP contribution in [0.5, 0.6) is 0 Å². The third-order valence-electron chi connectivity index (χ3n) is 3.34. The van der Waals surface area contributed by atoms with E-state index in [1.165, 1.54) is 31.2 Å². The molecule has 1 aromatic rings. The Morgan fingerprint density at radius 2 is 1.53 bits per heavy atom. The standard InChI is InChI=1S/C16H25F2N/c17-16(18)12-7-5-3-1-2-4-6-9-14-10-8-11-15(19)13-14/h8,10-11,13,16H,1-7,9,12,19H2. The SMILES string of the molecule is Nc1cccc(CCCCCCCCCC(F)F)c1. The van der Waals surface area contributed by atoms with E-state index in [1.54, 1.807) is 0 Å². The summed E-state index contributed by atoms with van der Waals surface area (Å²) in [5.41, 5.74) is 7.86. The van der Waals surface area contributed by atoms with E-state index in [9.17, 15) is 8.78 Å². The van der Waals surface area contributed by atoms with Crippen LogP contribution in [0.1, 0.15) is 56.9 Å². The van der Waals surface area contributed by atoms with Gasteiger partial charge >= 0.3 is 0 Å². The molecule has 0 aliphatic carbocycles. The van der Waals surface area contributed by atoms with Crippen molar-refractivity contribution in [3.63, 3.8) is 0 Å². The normalized spacial score (nSPS) is 11.1. The molecule has 0 radical (unpaired) electrons. The number of unbranched alkanes of at least 4 members (excludes halogenated alkanes) is 6. The van der Waals surface area contributed by atoms with Gasteiger partial charge in [0.15, 0.2) is 0 Å². The topological polar surface area (TPSA) is 26.0 Å². The van der Waals surface area contributed by atoms with Crippen LogP contribution >= 0.6 is 0 Å². The highest BCUT2D eigenvalue weighted by molar-refractivity contribution is 5.40. The molecule has 0 aromatic heterocycles. The van der Waals surface area contributed by atoms with Gasteiger partial charge in [-0.05, 0) is 37.0 Å². The second kappa shape index (κ2) is 9.76. The van der Waals surface area contributed by atoms with Gasteiger partial charge in [-0.25, -0.2) is 8.78 Å². The number of rotatable bonds is 10. The molecule has 0 aliphatic heterocycles. The third-order valence-corrected chi connectivity index (χ3v) is 3.34. The molecule has 1 nitrogen and oxygen atoms in total. The molecule has 0 saturated heterocycles. The minimum Gasteiger partial charge on any atom is -0.399 e. The summed E-state index contributed by atoms with van der Waals surface area (Å²) in [7, 11) is 0. The fourth-order valence-electron chi connectivity index (χ4n) is 2.26. The lowest BCUT2D eigenvalue weighted by molar-refractivity contribution is 0.133. The molecular formula is C16H25F2N. The maximum absolute atomic E-state index is 11.9. The second-order valence-electron chi connectivity index (χ2n) is 5.15. The molecule has 108 valence electrons. The van der Waals surface area contributed by atoms with Crippen molar-refractivity contribution in [1.82, 2.24) is 0 Å². The van der Waals surface area contributed by atoms with Gasteiger partial charge < -0.3 is 5.73 Å². The van der Waals surface area contributed by atoms with Crippen molar-refractivity contribution in [2.45, 2.75) is 64.2 Å². The lowest BCUT2D eigenvalue weighted by Gasteiger charge is -2.04. The Kier molecular flexibility index (Phi) is 8.19. The first-order valence-corrected chi connectivity index (χ1v) is 7.31. The first-order chi connectivity index (χ1) is 9.18. The van der Waals surface area contributed by atoms with Gasteiger partial charge in [-0.2, -0.15) is 0 Å². The van der Waals surface area contributed by atoms with Crippen LogP contribution in [-0.2, 0) is 6.42 Å². The molecule has 0 amide bonds. The second-order valence-corrected chi connectivity index (χ2v) is 5.15. The van der Waals surface area contributed by atoms with Crippen molar-refractivity contribution in [2.75, 3.05) is 5.73 Å². The van der Waals surface area contributed by atoms with E-state index in [-0.39, 0.29) is 6.42 Å². The summed E-state index contributed by atoms with van der Waals surface area (Å²) >= 11 is 0. The molecule has 3 heteroatoms. The van der Waals surface area contributed by atoms with E-state index < -0.39 is 6.43 Å². The van der Waals surface area contributed by atoms with Crippen molar-refractivity contribution >= 4 is 5.69 Å². The lowest BCUT2D eigenvalue weighted by atomic mass is 10.0. The van der Waals surface area contributed by atoms with Gasteiger partial charge in [-0.1, -0.05) is 44.2 Å². The predicted molar refractivity (Wildman–Crippen MR) is 77.5 cm³/mol. The summed E-state index contributed by atoms with van der Waals surface area (Å²) in [6.07, 6.45) is 6.48. The van der Waals surface area contributed by atoms with Gasteiger partial charge in [0.1, 0.15) is 0 Å². The van der Waals surface area contributed by atoms with Crippen LogP contribution in [0.25, 0.3) is 0 Å². The zero-order valence-corrected chi connectivity index (χ0v) is 11.6. The summed E-state index contributed by atoms with van der Waals surface area (Å²) in [5.74, 6) is 0. The maximum atomic E-state index is 11.9. The summed E-state index contributed by atoms with van der Waals surface area (Å²) < 4.78 is 23.8. The molecule has 1 rings (SSSR count). The minimum absolute atomic E-state index is 0.0649. The molecular weight excluding hydrogens is 244 g/mol. The van der Waals surface area contributed by atoms with Crippen molar-refractivity contribution < 1.29 is 8.78 Å². The van der Waals surface area contributed by atoms with Crippen LogP contribution < -0.4 is 5.73 Å². The average Bonchev–Trinajstić information content (AvgIpc) is 2.36. The zero-order valence-electron chi connectivity index (χ0n) is 11.6. The van der Waals surface area contributed by atoms with Crippen molar-refractivity contribution in [3.05, 3.63) is 29.8 Å². The van der Waals surface area contributed by atoms with E-state index in [2.05, 4.69) is 6.07 Å². The van der Waals surface area contributed by atoms with Crippen molar-refractivity contribution in [3.8, 4) is 0 Å². The van der Waals surface area contributed by atoms with Gasteiger partial charge in [-0.3, -0.25) is 0 Å². The van der Waals surface area contributed by atoms with Crippen LogP contribution in [0, 0.1) is 0 Å². The van der Waals surface area contributed by atoms with E-state index in [0.29, 0.717) is 6.42 Å². The van der Waals surface area contributed by atoms with Gasteiger partial charge in [0.2, 0.25) is 6.43 Å². The highest BCUT2D eigenvalue weighted by Crippen LogP contribution is 2.14. The third kappa shape index (κ3) is 8.57. The molecule has 1 aromatic carbocycles. The number of nitrogen functional groups attached to an aromatic ring is 1. The largest absolute Gasteiger partial charge is 0.399 e. The van der Waals surface area contributed by atoms with Gasteiger partial charge in [0, 0.05) is 12.1 Å². The molecule has 0 spiro atoms. The van der Waals surface area contributed by atoms with Gasteiger partial charge in [0.05, 0.1) is 0 Å². The summed E-state index contributed by atoms with van der Waals surface area (Å²) in [5, 5.41) is 0. The molecule has 0 bridgehead atoms. The van der Waals surface area contributed by atoms with Gasteiger partial charge in [-0.15, -0.1) is 0 Å². The molecule has 0 aliphatic rings. The highest BCUT2D eigenvalue weighted by Gasteiger charge is 2.00. The minimum atomic E-state index is -2.13. The quantitative estimate of drug-likeness (QED) is 0.458. The number of anilines is 1. The molecule has 0 fully saturated rings. The first-order valence-electron chi connectivity index (χ1n) is 7.31. The Labute approximate surface area is 115 Å². The van der Waals surface area contributed by atoms with E-state index in [4.69, 9.17) is 5.73 Å². The molecule has 19 heavy (non-hydrogen) atoms. The highest BCUT2D eigenvalue weighted by atomic mass is 19.3.